The zero-order chi connectivity index (χ0) is 24.2. The smallest absolute Gasteiger partial charge is 0.248 e. The summed E-state index contributed by atoms with van der Waals surface area (Å²) in [6.07, 6.45) is 5.89. The van der Waals surface area contributed by atoms with Gasteiger partial charge in [0.2, 0.25) is 11.8 Å². The van der Waals surface area contributed by atoms with Gasteiger partial charge in [0.1, 0.15) is 25.4 Å². The number of amides is 1. The van der Waals surface area contributed by atoms with Crippen molar-refractivity contribution in [1.29, 1.82) is 0 Å². The number of rotatable bonds is 10. The number of halogens is 1. The van der Waals surface area contributed by atoms with Crippen LogP contribution in [-0.4, -0.2) is 47.7 Å². The van der Waals surface area contributed by atoms with Crippen molar-refractivity contribution in [3.8, 4) is 5.75 Å². The fourth-order valence-electron chi connectivity index (χ4n) is 4.75. The molecule has 7 nitrogen and oxygen atoms in total. The summed E-state index contributed by atoms with van der Waals surface area (Å²) in [5.41, 5.74) is 5.35. The van der Waals surface area contributed by atoms with Crippen molar-refractivity contribution in [1.82, 2.24) is 4.98 Å². The van der Waals surface area contributed by atoms with Crippen molar-refractivity contribution in [3.63, 3.8) is 0 Å². The van der Waals surface area contributed by atoms with Gasteiger partial charge in [0.25, 0.3) is 0 Å². The van der Waals surface area contributed by atoms with Crippen molar-refractivity contribution in [2.24, 2.45) is 11.7 Å². The van der Waals surface area contributed by atoms with Crippen LogP contribution in [-0.2, 0) is 12.1 Å². The quantitative estimate of drug-likeness (QED) is 0.369. The molecule has 4 rings (SSSR count). The van der Waals surface area contributed by atoms with Crippen LogP contribution in [0.2, 0.25) is 0 Å². The highest BCUT2D eigenvalue weighted by Crippen LogP contribution is 2.44. The van der Waals surface area contributed by atoms with E-state index in [9.17, 15) is 9.90 Å². The molecule has 35 heavy (non-hydrogen) atoms. The number of aromatic nitrogens is 1. The van der Waals surface area contributed by atoms with E-state index in [1.54, 1.807) is 30.5 Å². The van der Waals surface area contributed by atoms with Gasteiger partial charge in [-0.1, -0.05) is 43.2 Å². The summed E-state index contributed by atoms with van der Waals surface area (Å²) in [6.45, 7) is 1.85. The normalized spacial score (nSPS) is 15.9. The number of ether oxygens (including phenoxy) is 1. The first-order valence-corrected chi connectivity index (χ1v) is 11.9. The maximum Gasteiger partial charge on any atom is 0.248 e. The van der Waals surface area contributed by atoms with E-state index in [-0.39, 0.29) is 22.9 Å². The summed E-state index contributed by atoms with van der Waals surface area (Å²) in [5.74, 6) is 1.45. The van der Waals surface area contributed by atoms with Gasteiger partial charge in [0, 0.05) is 11.5 Å². The fraction of sp³-hybridized carbons (Fsp3) is 0.407. The second-order valence-electron chi connectivity index (χ2n) is 9.80. The highest BCUT2D eigenvalue weighted by Gasteiger charge is 2.45. The zero-order valence-electron chi connectivity index (χ0n) is 20.3. The minimum absolute atomic E-state index is 0. The molecule has 0 saturated heterocycles. The van der Waals surface area contributed by atoms with Gasteiger partial charge >= 0.3 is 0 Å². The predicted molar refractivity (Wildman–Crippen MR) is 129 cm³/mol. The van der Waals surface area contributed by atoms with Crippen molar-refractivity contribution in [2.45, 2.75) is 37.8 Å². The average molecular weight is 544 g/mol. The summed E-state index contributed by atoms with van der Waals surface area (Å²) >= 11 is 0. The fourth-order valence-corrected chi connectivity index (χ4v) is 4.75. The Hall–Kier alpha value is -2.68. The molecule has 1 atom stereocenters. The molecule has 0 radical (unpaired) electrons. The molecule has 1 aliphatic carbocycles. The van der Waals surface area contributed by atoms with Gasteiger partial charge in [0.05, 0.1) is 20.3 Å². The van der Waals surface area contributed by atoms with Gasteiger partial charge in [-0.25, -0.2) is 4.98 Å². The molecule has 188 valence electrons. The van der Waals surface area contributed by atoms with Crippen LogP contribution in [0.1, 0.15) is 53.3 Å². The van der Waals surface area contributed by atoms with Crippen LogP contribution in [0.15, 0.2) is 65.2 Å². The van der Waals surface area contributed by atoms with Crippen LogP contribution < -0.4 is 27.5 Å². The maximum atomic E-state index is 11.9. The Labute approximate surface area is 217 Å². The van der Waals surface area contributed by atoms with E-state index in [0.29, 0.717) is 34.8 Å². The molecule has 1 unspecified atom stereocenters. The molecule has 1 aromatic heterocycles. The number of benzene rings is 2. The third-order valence-corrected chi connectivity index (χ3v) is 6.73. The summed E-state index contributed by atoms with van der Waals surface area (Å²) in [7, 11) is 4.20. The van der Waals surface area contributed by atoms with Crippen LogP contribution in [0.5, 0.6) is 5.75 Å². The third-order valence-electron chi connectivity index (χ3n) is 6.73. The molecule has 3 N–H and O–H groups in total. The van der Waals surface area contributed by atoms with Gasteiger partial charge in [-0.3, -0.25) is 4.79 Å². The molecule has 1 saturated carbocycles. The molecule has 0 spiro atoms. The number of hydrogen-bond donors (Lipinski definition) is 2. The highest BCUT2D eigenvalue weighted by molar-refractivity contribution is 5.92. The Morgan fingerprint density at radius 1 is 1.14 bits per heavy atom. The Bertz CT molecular complexity index is 1100. The predicted octanol–water partition coefficient (Wildman–Crippen LogP) is 0.859. The van der Waals surface area contributed by atoms with Crippen LogP contribution in [0.4, 0.5) is 0 Å². The lowest BCUT2D eigenvalue weighted by atomic mass is 9.80. The van der Waals surface area contributed by atoms with E-state index in [0.717, 1.165) is 43.6 Å². The second kappa shape index (κ2) is 11.4. The molecule has 2 aromatic carbocycles. The molecule has 3 aromatic rings. The number of carbonyl (C=O) groups is 1. The number of primary amides is 1. The minimum atomic E-state index is -1.21. The largest absolute Gasteiger partial charge is 1.00 e. The summed E-state index contributed by atoms with van der Waals surface area (Å²) < 4.78 is 12.7. The van der Waals surface area contributed by atoms with Crippen molar-refractivity contribution < 1.29 is 40.5 Å². The van der Waals surface area contributed by atoms with Gasteiger partial charge in [-0.2, -0.15) is 0 Å². The monoisotopic (exact) mass is 543 g/mol. The molecular formula is C27H34BrN3O4. The van der Waals surface area contributed by atoms with Gasteiger partial charge < -0.3 is 41.5 Å². The van der Waals surface area contributed by atoms with Crippen LogP contribution >= 0.6 is 0 Å². The molecule has 1 heterocycles. The van der Waals surface area contributed by atoms with E-state index < -0.39 is 11.5 Å². The molecule has 1 fully saturated rings. The van der Waals surface area contributed by atoms with Gasteiger partial charge in [-0.05, 0) is 42.7 Å². The first-order chi connectivity index (χ1) is 16.3. The topological polar surface area (TPSA) is 98.6 Å². The number of carbonyl (C=O) groups excluding carboxylic acids is 1. The molecule has 1 amide bonds. The maximum absolute atomic E-state index is 11.9. The Morgan fingerprint density at radius 3 is 2.43 bits per heavy atom. The summed E-state index contributed by atoms with van der Waals surface area (Å²) in [4.78, 5) is 15.7. The van der Waals surface area contributed by atoms with E-state index in [1.807, 2.05) is 30.3 Å². The third kappa shape index (κ3) is 6.31. The van der Waals surface area contributed by atoms with Gasteiger partial charge in [-0.15, -0.1) is 0 Å². The number of aliphatic hydroxyl groups is 1. The van der Waals surface area contributed by atoms with Crippen molar-refractivity contribution in [2.75, 3.05) is 27.2 Å². The Kier molecular flexibility index (Phi) is 8.74. The molecular weight excluding hydrogens is 510 g/mol. The van der Waals surface area contributed by atoms with E-state index in [1.165, 1.54) is 0 Å². The number of nitrogens with zero attached hydrogens (tertiary/aromatic N) is 2. The van der Waals surface area contributed by atoms with E-state index in [4.69, 9.17) is 14.9 Å². The first kappa shape index (κ1) is 26.9. The number of oxazole rings is 1. The Balaban J connectivity index is 0.00000342. The number of likely N-dealkylation sites (N-methyl/N-ethyl adjacent to an activating group) is 1. The SMILES string of the molecule is C[N+](C)(CCOc1ccc(C(N)=O)cc1)Cc1cnc(C(O)(c2ccccc2)C2CCCC2)o1.[Br-]. The van der Waals surface area contributed by atoms with Crippen LogP contribution in [0.25, 0.3) is 0 Å². The lowest BCUT2D eigenvalue weighted by Crippen LogP contribution is -3.00. The molecule has 0 bridgehead atoms. The zero-order valence-corrected chi connectivity index (χ0v) is 21.9. The first-order valence-electron chi connectivity index (χ1n) is 11.9. The minimum Gasteiger partial charge on any atom is -1.00 e. The van der Waals surface area contributed by atoms with E-state index >= 15 is 0 Å². The molecule has 0 aliphatic heterocycles. The van der Waals surface area contributed by atoms with Gasteiger partial charge in [0.15, 0.2) is 11.4 Å². The standard InChI is InChI=1S/C27H33N3O4.BrH/c1-30(2,16-17-33-23-14-12-20(13-15-23)25(28)31)19-24-18-29-26(34-24)27(32,22-10-6-7-11-22)21-8-4-3-5-9-21;/h3-5,8-9,12-15,18,22,32H,6-7,10-11,16-17,19H2,1-2H3,(H-,28,31);1H. The van der Waals surface area contributed by atoms with Crippen molar-refractivity contribution >= 4 is 5.91 Å². The van der Waals surface area contributed by atoms with Crippen LogP contribution in [0.3, 0.4) is 0 Å². The van der Waals surface area contributed by atoms with Crippen molar-refractivity contribution in [3.05, 3.63) is 83.6 Å². The Morgan fingerprint density at radius 2 is 1.80 bits per heavy atom. The highest BCUT2D eigenvalue weighted by atomic mass is 79.9. The lowest BCUT2D eigenvalue weighted by Gasteiger charge is -2.32. The average Bonchev–Trinajstić information content (AvgIpc) is 3.52. The van der Waals surface area contributed by atoms with Crippen LogP contribution in [0, 0.1) is 5.92 Å². The summed E-state index contributed by atoms with van der Waals surface area (Å²) in [5, 5.41) is 11.9. The number of quaternary nitrogens is 1. The summed E-state index contributed by atoms with van der Waals surface area (Å²) in [6, 6.07) is 16.6. The number of hydrogen-bond acceptors (Lipinski definition) is 5. The molecule has 8 heteroatoms. The van der Waals surface area contributed by atoms with E-state index in [2.05, 4.69) is 19.1 Å². The molecule has 1 aliphatic rings. The lowest BCUT2D eigenvalue weighted by molar-refractivity contribution is -0.904. The second-order valence-corrected chi connectivity index (χ2v) is 9.80. The number of nitrogens with two attached hydrogens (primary N) is 1.